The lowest BCUT2D eigenvalue weighted by Gasteiger charge is -2.16. The third kappa shape index (κ3) is 3.68. The topological polar surface area (TPSA) is 38.7 Å². The first-order valence-corrected chi connectivity index (χ1v) is 5.22. The quantitative estimate of drug-likeness (QED) is 0.749. The molecule has 0 amide bonds. The average Bonchev–Trinajstić information content (AvgIpc) is 2.30. The minimum Gasteiger partial charge on any atom is -0.497 e. The number of rotatable bonds is 6. The van der Waals surface area contributed by atoms with Gasteiger partial charge < -0.3 is 14.6 Å². The second kappa shape index (κ2) is 6.30. The molecule has 0 heterocycles. The summed E-state index contributed by atoms with van der Waals surface area (Å²) in [4.78, 5) is 0. The molecular formula is C13H18O3. The van der Waals surface area contributed by atoms with Crippen molar-refractivity contribution < 1.29 is 14.6 Å². The van der Waals surface area contributed by atoms with E-state index in [9.17, 15) is 5.11 Å². The van der Waals surface area contributed by atoms with Gasteiger partial charge in [0, 0.05) is 0 Å². The molecule has 16 heavy (non-hydrogen) atoms. The van der Waals surface area contributed by atoms with Gasteiger partial charge in [-0.3, -0.25) is 0 Å². The molecule has 0 aliphatic carbocycles. The molecular weight excluding hydrogens is 204 g/mol. The molecule has 0 aliphatic rings. The fourth-order valence-corrected chi connectivity index (χ4v) is 1.32. The third-order valence-electron chi connectivity index (χ3n) is 2.31. The van der Waals surface area contributed by atoms with Crippen molar-refractivity contribution >= 4 is 0 Å². The van der Waals surface area contributed by atoms with E-state index >= 15 is 0 Å². The van der Waals surface area contributed by atoms with E-state index in [0.717, 1.165) is 11.3 Å². The molecule has 0 fully saturated rings. The van der Waals surface area contributed by atoms with Crippen molar-refractivity contribution in [1.82, 2.24) is 0 Å². The Bertz CT molecular complexity index is 316. The summed E-state index contributed by atoms with van der Waals surface area (Å²) >= 11 is 0. The first kappa shape index (κ1) is 12.7. The van der Waals surface area contributed by atoms with Crippen molar-refractivity contribution in [3.8, 4) is 5.75 Å². The Hall–Kier alpha value is -1.32. The minimum atomic E-state index is -0.546. The lowest BCUT2D eigenvalue weighted by atomic mass is 10.2. The van der Waals surface area contributed by atoms with Crippen molar-refractivity contribution in [3.05, 3.63) is 42.5 Å². The van der Waals surface area contributed by atoms with Crippen LogP contribution in [0, 0.1) is 0 Å². The van der Waals surface area contributed by atoms with E-state index in [0.29, 0.717) is 6.61 Å². The largest absolute Gasteiger partial charge is 0.497 e. The highest BCUT2D eigenvalue weighted by Crippen LogP contribution is 2.13. The van der Waals surface area contributed by atoms with Gasteiger partial charge in [0.05, 0.1) is 19.8 Å². The molecule has 1 aromatic carbocycles. The molecule has 0 radical (unpaired) electrons. The van der Waals surface area contributed by atoms with E-state index in [2.05, 4.69) is 6.58 Å². The van der Waals surface area contributed by atoms with Crippen LogP contribution in [0.2, 0.25) is 0 Å². The van der Waals surface area contributed by atoms with Crippen LogP contribution in [0.5, 0.6) is 5.75 Å². The van der Waals surface area contributed by atoms with Crippen molar-refractivity contribution in [2.24, 2.45) is 0 Å². The predicted octanol–water partition coefficient (Wildman–Crippen LogP) is 2.15. The van der Waals surface area contributed by atoms with E-state index in [1.165, 1.54) is 0 Å². The first-order valence-electron chi connectivity index (χ1n) is 5.22. The van der Waals surface area contributed by atoms with Crippen LogP contribution in [-0.4, -0.2) is 24.4 Å². The number of aliphatic hydroxyl groups excluding tert-OH is 1. The van der Waals surface area contributed by atoms with Crippen LogP contribution in [0.25, 0.3) is 0 Å². The Morgan fingerprint density at radius 3 is 2.44 bits per heavy atom. The molecule has 0 unspecified atom stereocenters. The molecule has 0 aliphatic heterocycles. The second-order valence-corrected chi connectivity index (χ2v) is 3.60. The van der Waals surface area contributed by atoms with Gasteiger partial charge in [-0.25, -0.2) is 0 Å². The highest BCUT2D eigenvalue weighted by molar-refractivity contribution is 5.26. The Balaban J connectivity index is 2.50. The van der Waals surface area contributed by atoms with Gasteiger partial charge in [0.25, 0.3) is 0 Å². The third-order valence-corrected chi connectivity index (χ3v) is 2.31. The monoisotopic (exact) mass is 222 g/mol. The van der Waals surface area contributed by atoms with Crippen LogP contribution in [0.3, 0.4) is 0 Å². The predicted molar refractivity (Wildman–Crippen MR) is 63.4 cm³/mol. The maximum atomic E-state index is 9.36. The van der Waals surface area contributed by atoms with Crippen LogP contribution >= 0.6 is 0 Å². The summed E-state index contributed by atoms with van der Waals surface area (Å²) in [6.45, 7) is 5.75. The zero-order chi connectivity index (χ0) is 12.0. The lowest BCUT2D eigenvalue weighted by molar-refractivity contribution is -0.00982. The van der Waals surface area contributed by atoms with Crippen molar-refractivity contribution in [2.45, 2.75) is 25.7 Å². The molecule has 0 bridgehead atoms. The summed E-state index contributed by atoms with van der Waals surface area (Å²) in [5, 5.41) is 9.36. The summed E-state index contributed by atoms with van der Waals surface area (Å²) in [5.41, 5.74) is 1.04. The zero-order valence-electron chi connectivity index (χ0n) is 9.72. The Morgan fingerprint density at radius 2 is 2.00 bits per heavy atom. The van der Waals surface area contributed by atoms with Crippen molar-refractivity contribution in [1.29, 1.82) is 0 Å². The lowest BCUT2D eigenvalue weighted by Crippen LogP contribution is -2.23. The molecule has 0 saturated carbocycles. The number of aliphatic hydroxyl groups is 1. The number of benzene rings is 1. The Morgan fingerprint density at radius 1 is 1.38 bits per heavy atom. The van der Waals surface area contributed by atoms with E-state index in [4.69, 9.17) is 9.47 Å². The van der Waals surface area contributed by atoms with E-state index in [-0.39, 0.29) is 6.10 Å². The van der Waals surface area contributed by atoms with E-state index in [1.54, 1.807) is 20.1 Å². The normalized spacial score (nSPS) is 14.2. The standard InChI is InChI=1S/C13H18O3/c1-4-13(10(2)14)16-9-11-5-7-12(15-3)8-6-11/h4-8,10,13-14H,1,9H2,2-3H3/t10-,13-/m0/s1. The summed E-state index contributed by atoms with van der Waals surface area (Å²) < 4.78 is 10.6. The molecule has 0 saturated heterocycles. The van der Waals surface area contributed by atoms with Gasteiger partial charge in [-0.1, -0.05) is 18.2 Å². The molecule has 88 valence electrons. The van der Waals surface area contributed by atoms with Crippen LogP contribution in [0.1, 0.15) is 12.5 Å². The highest BCUT2D eigenvalue weighted by Gasteiger charge is 2.10. The molecule has 1 rings (SSSR count). The number of hydrogen-bond acceptors (Lipinski definition) is 3. The Labute approximate surface area is 96.3 Å². The SMILES string of the molecule is C=C[C@H](OCc1ccc(OC)cc1)[C@H](C)O. The molecule has 1 aromatic rings. The van der Waals surface area contributed by atoms with Gasteiger partial charge in [-0.2, -0.15) is 0 Å². The fourth-order valence-electron chi connectivity index (χ4n) is 1.32. The van der Waals surface area contributed by atoms with Crippen LogP contribution < -0.4 is 4.74 Å². The summed E-state index contributed by atoms with van der Waals surface area (Å²) in [6, 6.07) is 7.62. The molecule has 3 nitrogen and oxygen atoms in total. The van der Waals surface area contributed by atoms with Gasteiger partial charge in [0.2, 0.25) is 0 Å². The first-order chi connectivity index (χ1) is 7.67. The van der Waals surface area contributed by atoms with Crippen LogP contribution in [0.15, 0.2) is 36.9 Å². The van der Waals surface area contributed by atoms with Crippen molar-refractivity contribution in [2.75, 3.05) is 7.11 Å². The molecule has 3 heteroatoms. The van der Waals surface area contributed by atoms with Crippen molar-refractivity contribution in [3.63, 3.8) is 0 Å². The second-order valence-electron chi connectivity index (χ2n) is 3.60. The number of ether oxygens (including phenoxy) is 2. The summed E-state index contributed by atoms with van der Waals surface area (Å²) in [5.74, 6) is 0.819. The maximum absolute atomic E-state index is 9.36. The number of methoxy groups -OCH3 is 1. The van der Waals surface area contributed by atoms with E-state index < -0.39 is 6.10 Å². The van der Waals surface area contributed by atoms with Crippen LogP contribution in [-0.2, 0) is 11.3 Å². The van der Waals surface area contributed by atoms with Gasteiger partial charge >= 0.3 is 0 Å². The summed E-state index contributed by atoms with van der Waals surface area (Å²) in [6.07, 6.45) is 0.728. The smallest absolute Gasteiger partial charge is 0.118 e. The molecule has 0 aromatic heterocycles. The molecule has 0 spiro atoms. The molecule has 1 N–H and O–H groups in total. The number of hydrogen-bond donors (Lipinski definition) is 1. The summed E-state index contributed by atoms with van der Waals surface area (Å²) in [7, 11) is 1.63. The fraction of sp³-hybridized carbons (Fsp3) is 0.385. The zero-order valence-corrected chi connectivity index (χ0v) is 9.72. The van der Waals surface area contributed by atoms with E-state index in [1.807, 2.05) is 24.3 Å². The highest BCUT2D eigenvalue weighted by atomic mass is 16.5. The van der Waals surface area contributed by atoms with Gasteiger partial charge in [0.1, 0.15) is 11.9 Å². The Kier molecular flexibility index (Phi) is 5.02. The average molecular weight is 222 g/mol. The van der Waals surface area contributed by atoms with Gasteiger partial charge in [-0.05, 0) is 24.6 Å². The van der Waals surface area contributed by atoms with Crippen LogP contribution in [0.4, 0.5) is 0 Å². The minimum absolute atomic E-state index is 0.331. The maximum Gasteiger partial charge on any atom is 0.118 e. The van der Waals surface area contributed by atoms with Gasteiger partial charge in [-0.15, -0.1) is 6.58 Å². The molecule has 2 atom stereocenters. The van der Waals surface area contributed by atoms with Gasteiger partial charge in [0.15, 0.2) is 0 Å².